The molecule has 0 aliphatic carbocycles. The molecule has 0 aliphatic heterocycles. The number of aliphatic hydroxyl groups is 1. The van der Waals surface area contributed by atoms with Gasteiger partial charge >= 0.3 is 5.97 Å². The summed E-state index contributed by atoms with van der Waals surface area (Å²) < 4.78 is 0. The molecule has 0 saturated carbocycles. The average molecular weight is 274 g/mol. The SMILES string of the molecule is CC(C)N(CCO)c1c(C(=O)O)cnc2ccccc12. The van der Waals surface area contributed by atoms with E-state index >= 15 is 0 Å². The second kappa shape index (κ2) is 5.88. The lowest BCUT2D eigenvalue weighted by atomic mass is 10.1. The van der Waals surface area contributed by atoms with Gasteiger partial charge in [0.05, 0.1) is 17.8 Å². The number of anilines is 1. The molecule has 20 heavy (non-hydrogen) atoms. The molecular formula is C15H18N2O3. The Morgan fingerprint density at radius 2 is 2.05 bits per heavy atom. The van der Waals surface area contributed by atoms with Gasteiger partial charge in [-0.3, -0.25) is 4.98 Å². The summed E-state index contributed by atoms with van der Waals surface area (Å²) in [6.45, 7) is 4.28. The second-order valence-corrected chi connectivity index (χ2v) is 4.85. The van der Waals surface area contributed by atoms with E-state index in [4.69, 9.17) is 0 Å². The number of nitrogens with zero attached hydrogens (tertiary/aromatic N) is 2. The van der Waals surface area contributed by atoms with Crippen molar-refractivity contribution in [2.75, 3.05) is 18.1 Å². The van der Waals surface area contributed by atoms with Crippen LogP contribution in [0.2, 0.25) is 0 Å². The van der Waals surface area contributed by atoms with E-state index in [1.165, 1.54) is 6.20 Å². The first-order valence-electron chi connectivity index (χ1n) is 6.54. The maximum absolute atomic E-state index is 11.5. The third-order valence-corrected chi connectivity index (χ3v) is 3.23. The Morgan fingerprint density at radius 1 is 1.35 bits per heavy atom. The molecule has 2 N–H and O–H groups in total. The lowest BCUT2D eigenvalue weighted by molar-refractivity contribution is 0.0697. The maximum atomic E-state index is 11.5. The van der Waals surface area contributed by atoms with Crippen molar-refractivity contribution in [3.63, 3.8) is 0 Å². The highest BCUT2D eigenvalue weighted by molar-refractivity contribution is 6.04. The fourth-order valence-electron chi connectivity index (χ4n) is 2.33. The topological polar surface area (TPSA) is 73.7 Å². The van der Waals surface area contributed by atoms with E-state index in [0.29, 0.717) is 12.2 Å². The van der Waals surface area contributed by atoms with Crippen LogP contribution in [0.25, 0.3) is 10.9 Å². The van der Waals surface area contributed by atoms with Gasteiger partial charge < -0.3 is 15.1 Å². The molecule has 2 aromatic rings. The molecule has 0 aliphatic rings. The third kappa shape index (κ3) is 2.58. The van der Waals surface area contributed by atoms with Crippen molar-refractivity contribution in [2.45, 2.75) is 19.9 Å². The Kier molecular flexibility index (Phi) is 4.20. The van der Waals surface area contributed by atoms with E-state index in [-0.39, 0.29) is 18.2 Å². The fourth-order valence-corrected chi connectivity index (χ4v) is 2.33. The average Bonchev–Trinajstić information content (AvgIpc) is 2.43. The number of aliphatic hydroxyl groups excluding tert-OH is 1. The van der Waals surface area contributed by atoms with Gasteiger partial charge in [0.15, 0.2) is 0 Å². The van der Waals surface area contributed by atoms with Crippen LogP contribution >= 0.6 is 0 Å². The molecule has 0 atom stereocenters. The Labute approximate surface area is 117 Å². The van der Waals surface area contributed by atoms with Crippen molar-refractivity contribution in [1.29, 1.82) is 0 Å². The first-order chi connectivity index (χ1) is 9.56. The van der Waals surface area contributed by atoms with Crippen LogP contribution in [0.15, 0.2) is 30.5 Å². The van der Waals surface area contributed by atoms with Crippen LogP contribution in [0.4, 0.5) is 5.69 Å². The molecule has 5 heteroatoms. The van der Waals surface area contributed by atoms with Crippen LogP contribution in [0.5, 0.6) is 0 Å². The van der Waals surface area contributed by atoms with E-state index in [1.54, 1.807) is 0 Å². The van der Waals surface area contributed by atoms with E-state index in [2.05, 4.69) is 4.98 Å². The molecule has 0 unspecified atom stereocenters. The van der Waals surface area contributed by atoms with Gasteiger partial charge in [-0.15, -0.1) is 0 Å². The van der Waals surface area contributed by atoms with Crippen LogP contribution in [0.1, 0.15) is 24.2 Å². The predicted octanol–water partition coefficient (Wildman–Crippen LogP) is 2.14. The smallest absolute Gasteiger partial charge is 0.339 e. The van der Waals surface area contributed by atoms with E-state index < -0.39 is 5.97 Å². The van der Waals surface area contributed by atoms with Crippen molar-refractivity contribution in [3.05, 3.63) is 36.0 Å². The van der Waals surface area contributed by atoms with Crippen molar-refractivity contribution < 1.29 is 15.0 Å². The summed E-state index contributed by atoms with van der Waals surface area (Å²) in [6, 6.07) is 7.51. The molecule has 0 amide bonds. The summed E-state index contributed by atoms with van der Waals surface area (Å²) in [6.07, 6.45) is 1.38. The highest BCUT2D eigenvalue weighted by Gasteiger charge is 2.21. The number of hydrogen-bond donors (Lipinski definition) is 2. The lowest BCUT2D eigenvalue weighted by Crippen LogP contribution is -2.35. The Balaban J connectivity index is 2.74. The van der Waals surface area contributed by atoms with Crippen LogP contribution in [-0.4, -0.2) is 40.4 Å². The highest BCUT2D eigenvalue weighted by atomic mass is 16.4. The van der Waals surface area contributed by atoms with Gasteiger partial charge in [0.1, 0.15) is 5.56 Å². The number of aromatic carboxylic acids is 1. The van der Waals surface area contributed by atoms with Gasteiger partial charge in [0, 0.05) is 24.2 Å². The van der Waals surface area contributed by atoms with E-state index in [9.17, 15) is 15.0 Å². The predicted molar refractivity (Wildman–Crippen MR) is 78.3 cm³/mol. The minimum absolute atomic E-state index is 0.0338. The number of pyridine rings is 1. The zero-order valence-electron chi connectivity index (χ0n) is 11.6. The zero-order valence-corrected chi connectivity index (χ0v) is 11.6. The summed E-state index contributed by atoms with van der Waals surface area (Å²) in [5.41, 5.74) is 1.52. The van der Waals surface area contributed by atoms with Crippen LogP contribution < -0.4 is 4.90 Å². The number of carbonyl (C=O) groups is 1. The van der Waals surface area contributed by atoms with Crippen molar-refractivity contribution >= 4 is 22.6 Å². The summed E-state index contributed by atoms with van der Waals surface area (Å²) in [4.78, 5) is 17.6. The normalized spacial score (nSPS) is 11.0. The van der Waals surface area contributed by atoms with Gasteiger partial charge in [-0.05, 0) is 19.9 Å². The highest BCUT2D eigenvalue weighted by Crippen LogP contribution is 2.30. The molecule has 0 bridgehead atoms. The molecule has 1 aromatic carbocycles. The Bertz CT molecular complexity index is 626. The fraction of sp³-hybridized carbons (Fsp3) is 0.333. The molecule has 2 rings (SSSR count). The zero-order chi connectivity index (χ0) is 14.7. The van der Waals surface area contributed by atoms with Gasteiger partial charge in [-0.1, -0.05) is 18.2 Å². The van der Waals surface area contributed by atoms with Crippen molar-refractivity contribution in [1.82, 2.24) is 4.98 Å². The molecule has 1 heterocycles. The third-order valence-electron chi connectivity index (χ3n) is 3.23. The van der Waals surface area contributed by atoms with Gasteiger partial charge in [0.25, 0.3) is 0 Å². The molecular weight excluding hydrogens is 256 g/mol. The van der Waals surface area contributed by atoms with Crippen LogP contribution in [0.3, 0.4) is 0 Å². The number of aromatic nitrogens is 1. The van der Waals surface area contributed by atoms with Crippen molar-refractivity contribution in [3.8, 4) is 0 Å². The van der Waals surface area contributed by atoms with E-state index in [1.807, 2.05) is 43.0 Å². The number of benzene rings is 1. The number of fused-ring (bicyclic) bond motifs is 1. The van der Waals surface area contributed by atoms with Crippen LogP contribution in [0, 0.1) is 0 Å². The monoisotopic (exact) mass is 274 g/mol. The summed E-state index contributed by atoms with van der Waals surface area (Å²) in [5, 5.41) is 19.4. The summed E-state index contributed by atoms with van der Waals surface area (Å²) >= 11 is 0. The maximum Gasteiger partial charge on any atom is 0.339 e. The second-order valence-electron chi connectivity index (χ2n) is 4.85. The quantitative estimate of drug-likeness (QED) is 0.873. The molecule has 5 nitrogen and oxygen atoms in total. The van der Waals surface area contributed by atoms with Gasteiger partial charge in [-0.2, -0.15) is 0 Å². The Hall–Kier alpha value is -2.14. The molecule has 1 aromatic heterocycles. The Morgan fingerprint density at radius 3 is 2.65 bits per heavy atom. The minimum atomic E-state index is -1.01. The first kappa shape index (κ1) is 14.3. The lowest BCUT2D eigenvalue weighted by Gasteiger charge is -2.30. The number of para-hydroxylation sites is 1. The molecule has 0 radical (unpaired) electrons. The molecule has 0 fully saturated rings. The number of carboxylic acid groups (broad SMARTS) is 1. The standard InChI is InChI=1S/C15H18N2O3/c1-10(2)17(7-8-18)14-11-5-3-4-6-13(11)16-9-12(14)15(19)20/h3-6,9-10,18H,7-8H2,1-2H3,(H,19,20). The molecule has 0 saturated heterocycles. The summed E-state index contributed by atoms with van der Waals surface area (Å²) in [5.74, 6) is -1.01. The van der Waals surface area contributed by atoms with Crippen LogP contribution in [-0.2, 0) is 0 Å². The van der Waals surface area contributed by atoms with Gasteiger partial charge in [-0.25, -0.2) is 4.79 Å². The first-order valence-corrected chi connectivity index (χ1v) is 6.54. The summed E-state index contributed by atoms with van der Waals surface area (Å²) in [7, 11) is 0. The minimum Gasteiger partial charge on any atom is -0.478 e. The van der Waals surface area contributed by atoms with Crippen molar-refractivity contribution in [2.24, 2.45) is 0 Å². The number of rotatable bonds is 5. The molecule has 106 valence electrons. The number of hydrogen-bond acceptors (Lipinski definition) is 4. The molecule has 0 spiro atoms. The largest absolute Gasteiger partial charge is 0.478 e. The number of carboxylic acids is 1. The van der Waals surface area contributed by atoms with Gasteiger partial charge in [0.2, 0.25) is 0 Å². The van der Waals surface area contributed by atoms with E-state index in [0.717, 1.165) is 10.9 Å².